The molecule has 1 heterocycles. The van der Waals surface area contributed by atoms with E-state index >= 15 is 0 Å². The predicted molar refractivity (Wildman–Crippen MR) is 126 cm³/mol. The van der Waals surface area contributed by atoms with Crippen molar-refractivity contribution < 1.29 is 18.7 Å². The summed E-state index contributed by atoms with van der Waals surface area (Å²) in [5.41, 5.74) is 1.84. The average molecular weight is 505 g/mol. The summed E-state index contributed by atoms with van der Waals surface area (Å²) in [5.74, 6) is -0.880. The molecule has 1 aliphatic heterocycles. The normalized spacial score (nSPS) is 15.9. The van der Waals surface area contributed by atoms with Crippen LogP contribution in [0.4, 0.5) is 20.6 Å². The van der Waals surface area contributed by atoms with Gasteiger partial charge in [0, 0.05) is 23.1 Å². The van der Waals surface area contributed by atoms with Crippen LogP contribution < -0.4 is 15.6 Å². The number of hydrazone groups is 1. The molecule has 7 nitrogen and oxygen atoms in total. The van der Waals surface area contributed by atoms with E-state index < -0.39 is 23.6 Å². The summed E-state index contributed by atoms with van der Waals surface area (Å²) < 4.78 is 20.0. The Labute approximate surface area is 195 Å². The van der Waals surface area contributed by atoms with Crippen LogP contribution >= 0.6 is 15.9 Å². The zero-order chi connectivity index (χ0) is 23.5. The second-order valence-electron chi connectivity index (χ2n) is 8.54. The van der Waals surface area contributed by atoms with E-state index in [1.807, 2.05) is 31.2 Å². The van der Waals surface area contributed by atoms with E-state index in [1.165, 1.54) is 12.1 Å². The number of carbonyl (C=O) groups is 2. The lowest BCUT2D eigenvalue weighted by Crippen LogP contribution is -2.38. The monoisotopic (exact) mass is 504 g/mol. The maximum atomic E-state index is 14.2. The van der Waals surface area contributed by atoms with Crippen molar-refractivity contribution in [1.29, 1.82) is 0 Å². The SMILES string of the molecule is CC1=NN(c2cccc(CNC(=O)OC(C)(C)C)c2)C(C(=O)Nc2ccc(Br)cc2F)C1. The van der Waals surface area contributed by atoms with Gasteiger partial charge in [-0.1, -0.05) is 28.1 Å². The lowest BCUT2D eigenvalue weighted by Gasteiger charge is -2.24. The third kappa shape index (κ3) is 6.29. The van der Waals surface area contributed by atoms with Crippen molar-refractivity contribution in [2.75, 3.05) is 10.3 Å². The number of benzene rings is 2. The number of halogens is 2. The van der Waals surface area contributed by atoms with Crippen LogP contribution in [0.1, 0.15) is 39.7 Å². The molecule has 1 aliphatic rings. The fraction of sp³-hybridized carbons (Fsp3) is 0.348. The first-order valence-corrected chi connectivity index (χ1v) is 11.0. The Balaban J connectivity index is 1.72. The molecule has 0 bridgehead atoms. The molecule has 1 unspecified atom stereocenters. The van der Waals surface area contributed by atoms with Gasteiger partial charge in [-0.2, -0.15) is 5.10 Å². The third-order valence-corrected chi connectivity index (χ3v) is 5.06. The predicted octanol–water partition coefficient (Wildman–Crippen LogP) is 5.21. The lowest BCUT2D eigenvalue weighted by molar-refractivity contribution is -0.117. The van der Waals surface area contributed by atoms with Gasteiger partial charge < -0.3 is 15.4 Å². The van der Waals surface area contributed by atoms with Crippen molar-refractivity contribution in [2.45, 2.75) is 52.3 Å². The highest BCUT2D eigenvalue weighted by molar-refractivity contribution is 9.10. The van der Waals surface area contributed by atoms with E-state index in [-0.39, 0.29) is 18.1 Å². The molecule has 2 aromatic rings. The van der Waals surface area contributed by atoms with Gasteiger partial charge in [-0.15, -0.1) is 0 Å². The second kappa shape index (κ2) is 9.68. The molecule has 170 valence electrons. The number of nitrogens with zero attached hydrogens (tertiary/aromatic N) is 2. The van der Waals surface area contributed by atoms with E-state index in [4.69, 9.17) is 4.74 Å². The molecule has 1 atom stereocenters. The van der Waals surface area contributed by atoms with Crippen LogP contribution in [0.5, 0.6) is 0 Å². The average Bonchev–Trinajstić information content (AvgIpc) is 3.09. The molecule has 0 aliphatic carbocycles. The third-order valence-electron chi connectivity index (χ3n) is 4.56. The van der Waals surface area contributed by atoms with Gasteiger partial charge in [0.1, 0.15) is 17.5 Å². The van der Waals surface area contributed by atoms with Crippen molar-refractivity contribution in [3.05, 3.63) is 58.3 Å². The number of nitrogens with one attached hydrogen (secondary N) is 2. The lowest BCUT2D eigenvalue weighted by atomic mass is 10.1. The fourth-order valence-corrected chi connectivity index (χ4v) is 3.54. The molecule has 0 spiro atoms. The molecule has 0 radical (unpaired) electrons. The van der Waals surface area contributed by atoms with Gasteiger partial charge in [-0.05, 0) is 63.6 Å². The van der Waals surface area contributed by atoms with Crippen LogP contribution in [0.15, 0.2) is 52.0 Å². The van der Waals surface area contributed by atoms with E-state index in [0.717, 1.165) is 11.3 Å². The zero-order valence-electron chi connectivity index (χ0n) is 18.4. The number of hydrogen-bond acceptors (Lipinski definition) is 5. The number of amides is 2. The Morgan fingerprint density at radius 3 is 2.69 bits per heavy atom. The minimum atomic E-state index is -0.618. The fourth-order valence-electron chi connectivity index (χ4n) is 3.21. The maximum Gasteiger partial charge on any atom is 0.407 e. The summed E-state index contributed by atoms with van der Waals surface area (Å²) in [6, 6.07) is 11.2. The molecule has 2 amide bonds. The quantitative estimate of drug-likeness (QED) is 0.585. The molecule has 0 fully saturated rings. The summed E-state index contributed by atoms with van der Waals surface area (Å²) in [5, 5.41) is 11.5. The van der Waals surface area contributed by atoms with Gasteiger partial charge in [0.2, 0.25) is 5.91 Å². The van der Waals surface area contributed by atoms with Gasteiger partial charge in [0.25, 0.3) is 0 Å². The van der Waals surface area contributed by atoms with Crippen molar-refractivity contribution in [2.24, 2.45) is 5.10 Å². The molecule has 0 saturated heterocycles. The van der Waals surface area contributed by atoms with Crippen LogP contribution in [-0.2, 0) is 16.1 Å². The Morgan fingerprint density at radius 1 is 1.25 bits per heavy atom. The van der Waals surface area contributed by atoms with Gasteiger partial charge in [0.05, 0.1) is 11.4 Å². The highest BCUT2D eigenvalue weighted by Gasteiger charge is 2.32. The van der Waals surface area contributed by atoms with Gasteiger partial charge in [-0.3, -0.25) is 9.80 Å². The van der Waals surface area contributed by atoms with E-state index in [1.54, 1.807) is 31.8 Å². The Morgan fingerprint density at radius 2 is 2.00 bits per heavy atom. The van der Waals surface area contributed by atoms with Crippen molar-refractivity contribution in [1.82, 2.24) is 5.32 Å². The standard InChI is InChI=1S/C23H26BrFN4O3/c1-14-10-20(21(30)27-19-9-8-16(24)12-18(19)25)29(28-14)17-7-5-6-15(11-17)13-26-22(31)32-23(2,3)4/h5-9,11-12,20H,10,13H2,1-4H3,(H,26,31)(H,27,30). The summed E-state index contributed by atoms with van der Waals surface area (Å²) in [6.07, 6.45) is -0.0867. The summed E-state index contributed by atoms with van der Waals surface area (Å²) in [6.45, 7) is 7.50. The first-order chi connectivity index (χ1) is 15.0. The van der Waals surface area contributed by atoms with Crippen LogP contribution in [0.25, 0.3) is 0 Å². The van der Waals surface area contributed by atoms with Crippen molar-refractivity contribution >= 4 is 45.0 Å². The topological polar surface area (TPSA) is 83.0 Å². The van der Waals surface area contributed by atoms with Crippen molar-refractivity contribution in [3.63, 3.8) is 0 Å². The number of alkyl carbamates (subject to hydrolysis) is 1. The number of hydrogen-bond donors (Lipinski definition) is 2. The Hall–Kier alpha value is -2.94. The highest BCUT2D eigenvalue weighted by Crippen LogP contribution is 2.27. The Kier molecular flexibility index (Phi) is 7.18. The number of anilines is 2. The van der Waals surface area contributed by atoms with E-state index in [2.05, 4.69) is 31.7 Å². The highest BCUT2D eigenvalue weighted by atomic mass is 79.9. The number of rotatable bonds is 5. The largest absolute Gasteiger partial charge is 0.444 e. The summed E-state index contributed by atoms with van der Waals surface area (Å²) in [4.78, 5) is 24.9. The van der Waals surface area contributed by atoms with Gasteiger partial charge >= 0.3 is 6.09 Å². The first-order valence-electron chi connectivity index (χ1n) is 10.2. The number of carbonyl (C=O) groups excluding carboxylic acids is 2. The molecular weight excluding hydrogens is 479 g/mol. The second-order valence-corrected chi connectivity index (χ2v) is 9.45. The van der Waals surface area contributed by atoms with E-state index in [9.17, 15) is 14.0 Å². The molecule has 2 N–H and O–H groups in total. The first kappa shape index (κ1) is 23.7. The molecule has 32 heavy (non-hydrogen) atoms. The molecular formula is C23H26BrFN4O3. The number of ether oxygens (including phenoxy) is 1. The van der Waals surface area contributed by atoms with Crippen molar-refractivity contribution in [3.8, 4) is 0 Å². The maximum absolute atomic E-state index is 14.2. The summed E-state index contributed by atoms with van der Waals surface area (Å²) >= 11 is 3.21. The molecule has 0 aromatic heterocycles. The van der Waals surface area contributed by atoms with Crippen LogP contribution in [0.3, 0.4) is 0 Å². The minimum Gasteiger partial charge on any atom is -0.444 e. The van der Waals surface area contributed by atoms with Gasteiger partial charge in [0.15, 0.2) is 0 Å². The zero-order valence-corrected chi connectivity index (χ0v) is 20.0. The van der Waals surface area contributed by atoms with Crippen LogP contribution in [-0.4, -0.2) is 29.4 Å². The molecule has 0 saturated carbocycles. The van der Waals surface area contributed by atoms with Crippen LogP contribution in [0, 0.1) is 5.82 Å². The Bertz CT molecular complexity index is 1050. The van der Waals surface area contributed by atoms with Gasteiger partial charge in [-0.25, -0.2) is 9.18 Å². The minimum absolute atomic E-state index is 0.109. The summed E-state index contributed by atoms with van der Waals surface area (Å²) in [7, 11) is 0. The molecule has 9 heteroatoms. The molecule has 2 aromatic carbocycles. The van der Waals surface area contributed by atoms with E-state index in [0.29, 0.717) is 16.6 Å². The van der Waals surface area contributed by atoms with Crippen LogP contribution in [0.2, 0.25) is 0 Å². The smallest absolute Gasteiger partial charge is 0.407 e. The molecule has 3 rings (SSSR count).